The zero-order chi connectivity index (χ0) is 21.1. The Kier molecular flexibility index (Phi) is 5.94. The lowest BCUT2D eigenvalue weighted by atomic mass is 10.0. The highest BCUT2D eigenvalue weighted by Crippen LogP contribution is 2.38. The summed E-state index contributed by atoms with van der Waals surface area (Å²) < 4.78 is 7.45. The number of carbonyl (C=O) groups excluding carboxylic acids is 1. The molecule has 30 heavy (non-hydrogen) atoms. The highest BCUT2D eigenvalue weighted by molar-refractivity contribution is 8.00. The summed E-state index contributed by atoms with van der Waals surface area (Å²) in [7, 11) is 0. The minimum atomic E-state index is -0.411. The molecule has 0 aliphatic carbocycles. The van der Waals surface area contributed by atoms with E-state index in [1.807, 2.05) is 74.0 Å². The van der Waals surface area contributed by atoms with Crippen LogP contribution in [0.3, 0.4) is 0 Å². The molecule has 0 radical (unpaired) electrons. The van der Waals surface area contributed by atoms with Gasteiger partial charge >= 0.3 is 0 Å². The number of rotatable bonds is 6. The van der Waals surface area contributed by atoms with Crippen molar-refractivity contribution in [1.82, 2.24) is 14.9 Å². The number of carbonyl (C=O) groups is 1. The lowest BCUT2D eigenvalue weighted by molar-refractivity contribution is -0.116. The molecule has 8 heteroatoms. The van der Waals surface area contributed by atoms with Gasteiger partial charge in [0, 0.05) is 12.1 Å². The van der Waals surface area contributed by atoms with E-state index in [2.05, 4.69) is 20.9 Å². The van der Waals surface area contributed by atoms with Crippen molar-refractivity contribution in [2.75, 3.05) is 17.3 Å². The summed E-state index contributed by atoms with van der Waals surface area (Å²) in [6.45, 7) is 6.62. The van der Waals surface area contributed by atoms with Gasteiger partial charge in [-0.3, -0.25) is 4.79 Å². The monoisotopic (exact) mass is 423 g/mol. The van der Waals surface area contributed by atoms with Gasteiger partial charge in [0.25, 0.3) is 0 Å². The average molecular weight is 424 g/mol. The SMILES string of the molecule is CCOc1ccc([C@H]2Nn3c(CC)nnc3S[C@H]2C(=O)Nc2ccc(C)cc2)cc1. The maximum absolute atomic E-state index is 13.2. The number of nitrogens with zero attached hydrogens (tertiary/aromatic N) is 3. The smallest absolute Gasteiger partial charge is 0.240 e. The number of ether oxygens (including phenoxy) is 1. The lowest BCUT2D eigenvalue weighted by Gasteiger charge is -2.33. The molecule has 2 atom stereocenters. The quantitative estimate of drug-likeness (QED) is 0.625. The normalized spacial score (nSPS) is 17.7. The lowest BCUT2D eigenvalue weighted by Crippen LogP contribution is -2.41. The van der Waals surface area contributed by atoms with Crippen molar-refractivity contribution in [3.63, 3.8) is 0 Å². The van der Waals surface area contributed by atoms with Crippen molar-refractivity contribution < 1.29 is 9.53 Å². The third kappa shape index (κ3) is 4.14. The van der Waals surface area contributed by atoms with Crippen LogP contribution in [-0.4, -0.2) is 32.6 Å². The minimum absolute atomic E-state index is 0.0810. The van der Waals surface area contributed by atoms with Gasteiger partial charge in [-0.25, -0.2) is 4.68 Å². The predicted molar refractivity (Wildman–Crippen MR) is 119 cm³/mol. The van der Waals surface area contributed by atoms with Gasteiger partial charge in [-0.05, 0) is 43.7 Å². The Morgan fingerprint density at radius 2 is 1.87 bits per heavy atom. The standard InChI is InChI=1S/C22H25N5O2S/c1-4-18-24-25-22-27(18)26-19(15-8-12-17(13-9-15)29-5-2)20(30-22)21(28)23-16-10-6-14(3)7-11-16/h6-13,19-20,26H,4-5H2,1-3H3,(H,23,28)/t19-,20-/m1/s1. The van der Waals surface area contributed by atoms with Gasteiger partial charge in [-0.15, -0.1) is 10.2 Å². The molecule has 2 aromatic carbocycles. The molecule has 0 saturated heterocycles. The first kappa shape index (κ1) is 20.3. The third-order valence-corrected chi connectivity index (χ3v) is 6.16. The number of anilines is 1. The van der Waals surface area contributed by atoms with E-state index in [0.717, 1.165) is 34.8 Å². The molecule has 7 nitrogen and oxygen atoms in total. The molecule has 3 aromatic rings. The largest absolute Gasteiger partial charge is 0.494 e. The van der Waals surface area contributed by atoms with Crippen LogP contribution >= 0.6 is 11.8 Å². The predicted octanol–water partition coefficient (Wildman–Crippen LogP) is 3.95. The van der Waals surface area contributed by atoms with Crippen LogP contribution in [-0.2, 0) is 11.2 Å². The van der Waals surface area contributed by atoms with Gasteiger partial charge < -0.3 is 15.5 Å². The van der Waals surface area contributed by atoms with Crippen molar-refractivity contribution in [2.45, 2.75) is 43.6 Å². The summed E-state index contributed by atoms with van der Waals surface area (Å²) in [5, 5.41) is 11.8. The average Bonchev–Trinajstić information content (AvgIpc) is 3.17. The summed E-state index contributed by atoms with van der Waals surface area (Å²) in [5.74, 6) is 1.57. The van der Waals surface area contributed by atoms with Crippen LogP contribution in [0.15, 0.2) is 53.7 Å². The summed E-state index contributed by atoms with van der Waals surface area (Å²) in [5.41, 5.74) is 6.38. The van der Waals surface area contributed by atoms with Gasteiger partial charge in [0.1, 0.15) is 11.0 Å². The number of amides is 1. The molecule has 2 heterocycles. The molecule has 0 unspecified atom stereocenters. The Morgan fingerprint density at radius 1 is 1.13 bits per heavy atom. The fourth-order valence-electron chi connectivity index (χ4n) is 3.37. The van der Waals surface area contributed by atoms with Gasteiger partial charge in [-0.1, -0.05) is 48.5 Å². The van der Waals surface area contributed by atoms with Crippen LogP contribution in [0.2, 0.25) is 0 Å². The Labute approximate surface area is 180 Å². The van der Waals surface area contributed by atoms with Crippen LogP contribution in [0.4, 0.5) is 5.69 Å². The molecule has 1 aliphatic heterocycles. The molecule has 0 saturated carbocycles. The zero-order valence-electron chi connectivity index (χ0n) is 17.3. The highest BCUT2D eigenvalue weighted by atomic mass is 32.2. The van der Waals surface area contributed by atoms with Crippen LogP contribution in [0.5, 0.6) is 5.75 Å². The Bertz CT molecular complexity index is 1020. The number of thioether (sulfide) groups is 1. The number of hydrogen-bond donors (Lipinski definition) is 2. The molecule has 2 N–H and O–H groups in total. The third-order valence-electron chi connectivity index (χ3n) is 4.95. The number of aryl methyl sites for hydroxylation is 2. The molecule has 0 fully saturated rings. The molecule has 1 aromatic heterocycles. The second kappa shape index (κ2) is 8.79. The maximum Gasteiger partial charge on any atom is 0.240 e. The molecule has 156 valence electrons. The summed E-state index contributed by atoms with van der Waals surface area (Å²) in [6.07, 6.45) is 0.747. The number of fused-ring (bicyclic) bond motifs is 1. The van der Waals surface area contributed by atoms with Gasteiger partial charge in [0.2, 0.25) is 11.1 Å². The number of aromatic nitrogens is 3. The van der Waals surface area contributed by atoms with Crippen molar-refractivity contribution in [1.29, 1.82) is 0 Å². The fraction of sp³-hybridized carbons (Fsp3) is 0.318. The first-order valence-corrected chi connectivity index (χ1v) is 10.9. The first-order chi connectivity index (χ1) is 14.6. The molecule has 1 amide bonds. The minimum Gasteiger partial charge on any atom is -0.494 e. The van der Waals surface area contributed by atoms with Crippen molar-refractivity contribution >= 4 is 23.4 Å². The molecule has 0 bridgehead atoms. The van der Waals surface area contributed by atoms with E-state index < -0.39 is 5.25 Å². The van der Waals surface area contributed by atoms with Crippen molar-refractivity contribution in [3.05, 3.63) is 65.5 Å². The van der Waals surface area contributed by atoms with E-state index in [4.69, 9.17) is 4.74 Å². The number of hydrogen-bond acceptors (Lipinski definition) is 6. The molecule has 1 aliphatic rings. The Hall–Kier alpha value is -3.00. The first-order valence-electron chi connectivity index (χ1n) is 10.1. The number of nitrogens with one attached hydrogen (secondary N) is 2. The molecular formula is C22H25N5O2S. The molecular weight excluding hydrogens is 398 g/mol. The van der Waals surface area contributed by atoms with E-state index >= 15 is 0 Å². The summed E-state index contributed by atoms with van der Waals surface area (Å²) in [6, 6.07) is 15.4. The zero-order valence-corrected chi connectivity index (χ0v) is 18.1. The van der Waals surface area contributed by atoms with E-state index in [-0.39, 0.29) is 11.9 Å². The second-order valence-electron chi connectivity index (χ2n) is 7.09. The Morgan fingerprint density at radius 3 is 2.53 bits per heavy atom. The summed E-state index contributed by atoms with van der Waals surface area (Å²) in [4.78, 5) is 13.2. The van der Waals surface area contributed by atoms with E-state index in [0.29, 0.717) is 11.8 Å². The van der Waals surface area contributed by atoms with Gasteiger partial charge in [0.05, 0.1) is 12.6 Å². The van der Waals surface area contributed by atoms with Crippen LogP contribution in [0, 0.1) is 6.92 Å². The molecule has 4 rings (SSSR count). The van der Waals surface area contributed by atoms with Gasteiger partial charge in [-0.2, -0.15) is 0 Å². The van der Waals surface area contributed by atoms with Crippen molar-refractivity contribution in [2.24, 2.45) is 0 Å². The molecule has 0 spiro atoms. The van der Waals surface area contributed by atoms with E-state index in [1.165, 1.54) is 11.8 Å². The topological polar surface area (TPSA) is 81.1 Å². The summed E-state index contributed by atoms with van der Waals surface area (Å²) >= 11 is 1.42. The van der Waals surface area contributed by atoms with E-state index in [1.54, 1.807) is 0 Å². The van der Waals surface area contributed by atoms with Crippen molar-refractivity contribution in [3.8, 4) is 5.75 Å². The Balaban J connectivity index is 1.64. The van der Waals surface area contributed by atoms with Crippen LogP contribution in [0.1, 0.15) is 36.8 Å². The van der Waals surface area contributed by atoms with Gasteiger partial charge in [0.15, 0.2) is 5.82 Å². The number of benzene rings is 2. The van der Waals surface area contributed by atoms with Crippen LogP contribution in [0.25, 0.3) is 0 Å². The van der Waals surface area contributed by atoms with E-state index in [9.17, 15) is 4.79 Å². The fourth-order valence-corrected chi connectivity index (χ4v) is 4.46. The maximum atomic E-state index is 13.2. The van der Waals surface area contributed by atoms with Crippen LogP contribution < -0.4 is 15.5 Å². The second-order valence-corrected chi connectivity index (χ2v) is 8.20. The highest BCUT2D eigenvalue weighted by Gasteiger charge is 2.37.